The van der Waals surface area contributed by atoms with E-state index in [0.29, 0.717) is 11.3 Å². The molecule has 0 saturated heterocycles. The molecule has 3 aromatic carbocycles. The zero-order valence-corrected chi connectivity index (χ0v) is 16.1. The van der Waals surface area contributed by atoms with E-state index in [2.05, 4.69) is 0 Å². The number of sulfonamides is 1. The van der Waals surface area contributed by atoms with Crippen LogP contribution in [0.2, 0.25) is 0 Å². The van der Waals surface area contributed by atoms with E-state index in [4.69, 9.17) is 0 Å². The van der Waals surface area contributed by atoms with Crippen molar-refractivity contribution in [2.75, 3.05) is 4.31 Å². The average Bonchev–Trinajstić information content (AvgIpc) is 2.69. The summed E-state index contributed by atoms with van der Waals surface area (Å²) in [6.45, 7) is 3.51. The van der Waals surface area contributed by atoms with Gasteiger partial charge < -0.3 is 0 Å². The Bertz CT molecular complexity index is 1010. The van der Waals surface area contributed by atoms with Gasteiger partial charge in [-0.15, -0.1) is 0 Å². The number of nitrogens with zero attached hydrogens (tertiary/aromatic N) is 1. The number of rotatable bonds is 6. The Labute approximate surface area is 160 Å². The SMILES string of the molecule is Cc1ccc(S(=O)(=O)N(c2ccccc2)[C@H](C)C(=O)c2ccccc2)cc1. The largest absolute Gasteiger partial charge is 0.292 e. The predicted molar refractivity (Wildman–Crippen MR) is 108 cm³/mol. The summed E-state index contributed by atoms with van der Waals surface area (Å²) in [6, 6.07) is 23.2. The summed E-state index contributed by atoms with van der Waals surface area (Å²) in [5, 5.41) is 0. The van der Waals surface area contributed by atoms with E-state index in [1.54, 1.807) is 79.7 Å². The van der Waals surface area contributed by atoms with Crippen molar-refractivity contribution in [2.24, 2.45) is 0 Å². The molecule has 5 heteroatoms. The number of para-hydroxylation sites is 1. The second-order valence-electron chi connectivity index (χ2n) is 6.36. The summed E-state index contributed by atoms with van der Waals surface area (Å²) < 4.78 is 28.0. The van der Waals surface area contributed by atoms with Gasteiger partial charge in [0.05, 0.1) is 10.6 Å². The van der Waals surface area contributed by atoms with Gasteiger partial charge in [-0.3, -0.25) is 9.10 Å². The fourth-order valence-corrected chi connectivity index (χ4v) is 4.54. The molecule has 0 aliphatic heterocycles. The van der Waals surface area contributed by atoms with E-state index in [1.165, 1.54) is 4.31 Å². The summed E-state index contributed by atoms with van der Waals surface area (Å²) >= 11 is 0. The van der Waals surface area contributed by atoms with E-state index in [-0.39, 0.29) is 10.7 Å². The first-order valence-electron chi connectivity index (χ1n) is 8.66. The number of carbonyl (C=O) groups is 1. The molecule has 0 unspecified atom stereocenters. The molecule has 0 aliphatic carbocycles. The number of aryl methyl sites for hydroxylation is 1. The van der Waals surface area contributed by atoms with Crippen molar-refractivity contribution in [3.05, 3.63) is 96.1 Å². The lowest BCUT2D eigenvalue weighted by Gasteiger charge is -2.29. The molecule has 0 spiro atoms. The Morgan fingerprint density at radius 1 is 0.815 bits per heavy atom. The number of carbonyl (C=O) groups excluding carboxylic acids is 1. The maximum atomic E-state index is 13.4. The average molecular weight is 379 g/mol. The van der Waals surface area contributed by atoms with Crippen molar-refractivity contribution in [3.8, 4) is 0 Å². The van der Waals surface area contributed by atoms with Crippen LogP contribution in [0, 0.1) is 6.92 Å². The monoisotopic (exact) mass is 379 g/mol. The topological polar surface area (TPSA) is 54.5 Å². The van der Waals surface area contributed by atoms with Gasteiger partial charge in [0.15, 0.2) is 5.78 Å². The fourth-order valence-electron chi connectivity index (χ4n) is 2.92. The lowest BCUT2D eigenvalue weighted by molar-refractivity contribution is 0.0969. The Balaban J connectivity index is 2.09. The van der Waals surface area contributed by atoms with Crippen LogP contribution in [0.1, 0.15) is 22.8 Å². The van der Waals surface area contributed by atoms with Gasteiger partial charge in [0.1, 0.15) is 6.04 Å². The first-order valence-corrected chi connectivity index (χ1v) is 10.1. The summed E-state index contributed by atoms with van der Waals surface area (Å²) in [7, 11) is -3.91. The third-order valence-corrected chi connectivity index (χ3v) is 6.29. The van der Waals surface area contributed by atoms with Gasteiger partial charge in [-0.25, -0.2) is 8.42 Å². The second kappa shape index (κ2) is 7.76. The molecule has 0 N–H and O–H groups in total. The van der Waals surface area contributed by atoms with Crippen LogP contribution < -0.4 is 4.31 Å². The van der Waals surface area contributed by atoms with Gasteiger partial charge in [-0.05, 0) is 38.1 Å². The minimum absolute atomic E-state index is 0.157. The molecule has 0 saturated carbocycles. The van der Waals surface area contributed by atoms with Crippen LogP contribution in [-0.4, -0.2) is 20.2 Å². The quantitative estimate of drug-likeness (QED) is 0.594. The summed E-state index contributed by atoms with van der Waals surface area (Å²) in [5.41, 5.74) is 1.90. The first-order chi connectivity index (χ1) is 12.9. The van der Waals surface area contributed by atoms with Crippen LogP contribution in [0.4, 0.5) is 5.69 Å². The molecule has 0 heterocycles. The highest BCUT2D eigenvalue weighted by atomic mass is 32.2. The summed E-state index contributed by atoms with van der Waals surface area (Å²) in [5.74, 6) is -0.255. The van der Waals surface area contributed by atoms with Crippen LogP contribution in [0.25, 0.3) is 0 Å². The van der Waals surface area contributed by atoms with Crippen molar-refractivity contribution in [2.45, 2.75) is 24.8 Å². The molecule has 0 aromatic heterocycles. The molecule has 27 heavy (non-hydrogen) atoms. The molecular weight excluding hydrogens is 358 g/mol. The lowest BCUT2D eigenvalue weighted by atomic mass is 10.1. The number of ketones is 1. The third-order valence-electron chi connectivity index (χ3n) is 4.38. The first kappa shape index (κ1) is 18.9. The van der Waals surface area contributed by atoms with E-state index >= 15 is 0 Å². The molecule has 0 fully saturated rings. The van der Waals surface area contributed by atoms with E-state index in [0.717, 1.165) is 5.56 Å². The van der Waals surface area contributed by atoms with Gasteiger partial charge >= 0.3 is 0 Å². The number of anilines is 1. The highest BCUT2D eigenvalue weighted by Gasteiger charge is 2.33. The highest BCUT2D eigenvalue weighted by Crippen LogP contribution is 2.27. The maximum absolute atomic E-state index is 13.4. The molecule has 0 amide bonds. The van der Waals surface area contributed by atoms with Crippen LogP contribution in [0.15, 0.2) is 89.8 Å². The second-order valence-corrected chi connectivity index (χ2v) is 8.17. The maximum Gasteiger partial charge on any atom is 0.264 e. The standard InChI is InChI=1S/C22H21NO3S/c1-17-13-15-21(16-14-17)27(25,26)23(20-11-7-4-8-12-20)18(2)22(24)19-9-5-3-6-10-19/h3-16,18H,1-2H3/t18-/m1/s1. The number of hydrogen-bond donors (Lipinski definition) is 0. The molecule has 3 aromatic rings. The molecule has 3 rings (SSSR count). The Morgan fingerprint density at radius 3 is 1.89 bits per heavy atom. The summed E-state index contributed by atoms with van der Waals surface area (Å²) in [4.78, 5) is 13.1. The van der Waals surface area contributed by atoms with Crippen molar-refractivity contribution in [3.63, 3.8) is 0 Å². The van der Waals surface area contributed by atoms with Crippen molar-refractivity contribution >= 4 is 21.5 Å². The van der Waals surface area contributed by atoms with Crippen LogP contribution in [0.3, 0.4) is 0 Å². The molecule has 0 aliphatic rings. The molecular formula is C22H21NO3S. The Hall–Kier alpha value is -2.92. The number of Topliss-reactive ketones (excluding diaryl/α,β-unsaturated/α-hetero) is 1. The van der Waals surface area contributed by atoms with Gasteiger partial charge in [-0.1, -0.05) is 66.2 Å². The minimum atomic E-state index is -3.91. The summed E-state index contributed by atoms with van der Waals surface area (Å²) in [6.07, 6.45) is 0. The van der Waals surface area contributed by atoms with Crippen LogP contribution in [0.5, 0.6) is 0 Å². The van der Waals surface area contributed by atoms with Gasteiger partial charge in [0.2, 0.25) is 0 Å². The zero-order chi connectivity index (χ0) is 19.4. The molecule has 0 bridgehead atoms. The van der Waals surface area contributed by atoms with E-state index in [9.17, 15) is 13.2 Å². The molecule has 4 nitrogen and oxygen atoms in total. The van der Waals surface area contributed by atoms with E-state index < -0.39 is 16.1 Å². The molecule has 1 atom stereocenters. The molecule has 0 radical (unpaired) electrons. The van der Waals surface area contributed by atoms with Crippen LogP contribution >= 0.6 is 0 Å². The van der Waals surface area contributed by atoms with Crippen molar-refractivity contribution in [1.29, 1.82) is 0 Å². The van der Waals surface area contributed by atoms with E-state index in [1.807, 2.05) is 19.1 Å². The van der Waals surface area contributed by atoms with Gasteiger partial charge in [0, 0.05) is 5.56 Å². The minimum Gasteiger partial charge on any atom is -0.292 e. The number of hydrogen-bond acceptors (Lipinski definition) is 3. The fraction of sp³-hybridized carbons (Fsp3) is 0.136. The van der Waals surface area contributed by atoms with Crippen molar-refractivity contribution in [1.82, 2.24) is 0 Å². The van der Waals surface area contributed by atoms with Gasteiger partial charge in [-0.2, -0.15) is 0 Å². The van der Waals surface area contributed by atoms with Gasteiger partial charge in [0.25, 0.3) is 10.0 Å². The Morgan fingerprint density at radius 2 is 1.33 bits per heavy atom. The smallest absolute Gasteiger partial charge is 0.264 e. The number of benzene rings is 3. The third kappa shape index (κ3) is 3.93. The Kier molecular flexibility index (Phi) is 5.42. The zero-order valence-electron chi connectivity index (χ0n) is 15.2. The molecule has 138 valence electrons. The normalized spacial score (nSPS) is 12.4. The van der Waals surface area contributed by atoms with Crippen molar-refractivity contribution < 1.29 is 13.2 Å². The lowest BCUT2D eigenvalue weighted by Crippen LogP contribution is -2.43. The predicted octanol–water partition coefficient (Wildman–Crippen LogP) is 4.46. The van der Waals surface area contributed by atoms with Crippen LogP contribution in [-0.2, 0) is 10.0 Å². The highest BCUT2D eigenvalue weighted by molar-refractivity contribution is 7.93.